The van der Waals surface area contributed by atoms with Crippen LogP contribution in [-0.4, -0.2) is 44.2 Å². The average Bonchev–Trinajstić information content (AvgIpc) is 2.46. The number of rotatable bonds is 7. The van der Waals surface area contributed by atoms with Crippen molar-refractivity contribution in [1.29, 1.82) is 0 Å². The molecule has 0 radical (unpaired) electrons. The van der Waals surface area contributed by atoms with Crippen molar-refractivity contribution >= 4 is 0 Å². The monoisotopic (exact) mass is 282 g/mol. The molecule has 112 valence electrons. The van der Waals surface area contributed by atoms with E-state index in [0.717, 1.165) is 11.3 Å². The lowest BCUT2D eigenvalue weighted by atomic mass is 10.1. The quantitative estimate of drug-likeness (QED) is 0.774. The molecule has 0 amide bonds. The summed E-state index contributed by atoms with van der Waals surface area (Å²) in [6, 6.07) is 5.44. The average molecular weight is 282 g/mol. The Bertz CT molecular complexity index is 419. The van der Waals surface area contributed by atoms with Crippen LogP contribution < -0.4 is 9.47 Å². The van der Waals surface area contributed by atoms with Crippen LogP contribution in [0.5, 0.6) is 11.5 Å². The minimum absolute atomic E-state index is 0.196. The summed E-state index contributed by atoms with van der Waals surface area (Å²) >= 11 is 0. The first-order valence-corrected chi connectivity index (χ1v) is 6.94. The van der Waals surface area contributed by atoms with Crippen molar-refractivity contribution in [2.75, 3.05) is 33.0 Å². The predicted octanol–water partition coefficient (Wildman–Crippen LogP) is 1.93. The highest BCUT2D eigenvalue weighted by Gasteiger charge is 2.15. The maximum Gasteiger partial charge on any atom is 0.161 e. The second-order valence-electron chi connectivity index (χ2n) is 4.91. The van der Waals surface area contributed by atoms with Gasteiger partial charge in [-0.05, 0) is 31.5 Å². The Labute approximate surface area is 119 Å². The van der Waals surface area contributed by atoms with Gasteiger partial charge in [-0.2, -0.15) is 0 Å². The molecule has 0 spiro atoms. The van der Waals surface area contributed by atoms with E-state index in [-0.39, 0.29) is 12.7 Å². The van der Waals surface area contributed by atoms with Gasteiger partial charge in [0.2, 0.25) is 0 Å². The summed E-state index contributed by atoms with van der Waals surface area (Å²) in [6.07, 6.45) is -0.480. The first-order valence-electron chi connectivity index (χ1n) is 6.94. The molecule has 0 aliphatic carbocycles. The third-order valence-electron chi connectivity index (χ3n) is 2.91. The van der Waals surface area contributed by atoms with Crippen molar-refractivity contribution in [3.05, 3.63) is 23.8 Å². The van der Waals surface area contributed by atoms with Crippen LogP contribution in [0.15, 0.2) is 18.2 Å². The molecule has 0 bridgehead atoms. The van der Waals surface area contributed by atoms with Gasteiger partial charge in [-0.15, -0.1) is 0 Å². The minimum atomic E-state index is -0.676. The summed E-state index contributed by atoms with van der Waals surface area (Å²) in [5.41, 5.74) is 0.763. The third-order valence-corrected chi connectivity index (χ3v) is 2.91. The van der Waals surface area contributed by atoms with Gasteiger partial charge in [0.15, 0.2) is 11.5 Å². The fourth-order valence-corrected chi connectivity index (χ4v) is 1.90. The van der Waals surface area contributed by atoms with E-state index >= 15 is 0 Å². The fraction of sp³-hybridized carbons (Fsp3) is 0.600. The van der Waals surface area contributed by atoms with Gasteiger partial charge < -0.3 is 24.1 Å². The van der Waals surface area contributed by atoms with Crippen molar-refractivity contribution in [1.82, 2.24) is 0 Å². The van der Waals surface area contributed by atoms with E-state index < -0.39 is 6.10 Å². The van der Waals surface area contributed by atoms with E-state index in [4.69, 9.17) is 18.9 Å². The third kappa shape index (κ3) is 4.37. The number of hydrogen-bond acceptors (Lipinski definition) is 5. The second kappa shape index (κ2) is 7.47. The zero-order valence-electron chi connectivity index (χ0n) is 12.0. The Morgan fingerprint density at radius 2 is 1.90 bits per heavy atom. The lowest BCUT2D eigenvalue weighted by Crippen LogP contribution is -2.16. The SMILES string of the molecule is CC(C)OCCOCC(O)c1ccc2c(c1)OCCO2. The highest BCUT2D eigenvalue weighted by atomic mass is 16.6. The molecule has 1 aliphatic heterocycles. The number of hydrogen-bond donors (Lipinski definition) is 1. The van der Waals surface area contributed by atoms with Crippen LogP contribution in [0.1, 0.15) is 25.5 Å². The topological polar surface area (TPSA) is 57.2 Å². The number of aliphatic hydroxyl groups is 1. The van der Waals surface area contributed by atoms with Gasteiger partial charge in [0.1, 0.15) is 19.3 Å². The zero-order valence-corrected chi connectivity index (χ0v) is 12.0. The maximum atomic E-state index is 10.1. The summed E-state index contributed by atoms with van der Waals surface area (Å²) in [5.74, 6) is 1.40. The predicted molar refractivity (Wildman–Crippen MR) is 74.3 cm³/mol. The summed E-state index contributed by atoms with van der Waals surface area (Å²) < 4.78 is 21.7. The molecule has 5 heteroatoms. The standard InChI is InChI=1S/C15H22O5/c1-11(2)18-6-5-17-10-13(16)12-3-4-14-15(9-12)20-8-7-19-14/h3-4,9,11,13,16H,5-8,10H2,1-2H3. The van der Waals surface area contributed by atoms with E-state index in [1.807, 2.05) is 26.0 Å². The van der Waals surface area contributed by atoms with E-state index in [0.29, 0.717) is 32.2 Å². The first-order chi connectivity index (χ1) is 9.66. The maximum absolute atomic E-state index is 10.1. The normalized spacial score (nSPS) is 15.4. The van der Waals surface area contributed by atoms with Crippen LogP contribution in [0.25, 0.3) is 0 Å². The minimum Gasteiger partial charge on any atom is -0.486 e. The lowest BCUT2D eigenvalue weighted by molar-refractivity contribution is -0.0111. The Hall–Kier alpha value is -1.30. The molecule has 0 aromatic heterocycles. The van der Waals surface area contributed by atoms with Gasteiger partial charge in [-0.1, -0.05) is 6.07 Å². The molecule has 1 N–H and O–H groups in total. The fourth-order valence-electron chi connectivity index (χ4n) is 1.90. The van der Waals surface area contributed by atoms with E-state index in [1.54, 1.807) is 6.07 Å². The molecule has 1 aromatic rings. The molecule has 1 heterocycles. The number of benzene rings is 1. The summed E-state index contributed by atoms with van der Waals surface area (Å²) in [6.45, 7) is 6.30. The first kappa shape index (κ1) is 15.1. The zero-order chi connectivity index (χ0) is 14.4. The van der Waals surface area contributed by atoms with Crippen molar-refractivity contribution in [3.63, 3.8) is 0 Å². The molecule has 1 aromatic carbocycles. The molecule has 1 atom stereocenters. The number of ether oxygens (including phenoxy) is 4. The molecule has 20 heavy (non-hydrogen) atoms. The summed E-state index contributed by atoms with van der Waals surface area (Å²) in [7, 11) is 0. The van der Waals surface area contributed by atoms with Crippen LogP contribution in [0.4, 0.5) is 0 Å². The van der Waals surface area contributed by atoms with Crippen LogP contribution in [0.3, 0.4) is 0 Å². The summed E-state index contributed by atoms with van der Waals surface area (Å²) in [4.78, 5) is 0. The van der Waals surface area contributed by atoms with Crippen molar-refractivity contribution in [2.45, 2.75) is 26.1 Å². The van der Waals surface area contributed by atoms with Gasteiger partial charge >= 0.3 is 0 Å². The highest BCUT2D eigenvalue weighted by Crippen LogP contribution is 2.32. The Kier molecular flexibility index (Phi) is 5.64. The van der Waals surface area contributed by atoms with Crippen LogP contribution in [-0.2, 0) is 9.47 Å². The van der Waals surface area contributed by atoms with Gasteiger partial charge in [0.05, 0.1) is 25.9 Å². The van der Waals surface area contributed by atoms with E-state index in [2.05, 4.69) is 0 Å². The Balaban J connectivity index is 1.79. The van der Waals surface area contributed by atoms with Crippen LogP contribution in [0.2, 0.25) is 0 Å². The molecule has 0 saturated carbocycles. The van der Waals surface area contributed by atoms with Crippen molar-refractivity contribution in [3.8, 4) is 11.5 Å². The van der Waals surface area contributed by atoms with Gasteiger partial charge in [-0.25, -0.2) is 0 Å². The molecule has 1 unspecified atom stereocenters. The molecule has 2 rings (SSSR count). The van der Waals surface area contributed by atoms with Crippen molar-refractivity contribution < 1.29 is 24.1 Å². The Morgan fingerprint density at radius 1 is 1.15 bits per heavy atom. The van der Waals surface area contributed by atoms with Crippen molar-refractivity contribution in [2.24, 2.45) is 0 Å². The number of fused-ring (bicyclic) bond motifs is 1. The lowest BCUT2D eigenvalue weighted by Gasteiger charge is -2.20. The molecular weight excluding hydrogens is 260 g/mol. The second-order valence-corrected chi connectivity index (χ2v) is 4.91. The van der Waals surface area contributed by atoms with Gasteiger partial charge in [0, 0.05) is 0 Å². The smallest absolute Gasteiger partial charge is 0.161 e. The molecule has 1 aliphatic rings. The largest absolute Gasteiger partial charge is 0.486 e. The van der Waals surface area contributed by atoms with Crippen LogP contribution >= 0.6 is 0 Å². The van der Waals surface area contributed by atoms with Gasteiger partial charge in [0.25, 0.3) is 0 Å². The molecule has 0 saturated heterocycles. The van der Waals surface area contributed by atoms with E-state index in [1.165, 1.54) is 0 Å². The van der Waals surface area contributed by atoms with Gasteiger partial charge in [-0.3, -0.25) is 0 Å². The number of aliphatic hydroxyl groups excluding tert-OH is 1. The summed E-state index contributed by atoms with van der Waals surface area (Å²) in [5, 5.41) is 10.1. The highest BCUT2D eigenvalue weighted by molar-refractivity contribution is 5.44. The van der Waals surface area contributed by atoms with E-state index in [9.17, 15) is 5.11 Å². The molecule has 5 nitrogen and oxygen atoms in total. The molecule has 0 fully saturated rings. The molecular formula is C15H22O5. The van der Waals surface area contributed by atoms with Crippen LogP contribution in [0, 0.1) is 0 Å². The Morgan fingerprint density at radius 3 is 2.65 bits per heavy atom.